The molecule has 1 saturated heterocycles. The molecule has 0 radical (unpaired) electrons. The van der Waals surface area contributed by atoms with Gasteiger partial charge in [0.25, 0.3) is 11.8 Å². The van der Waals surface area contributed by atoms with Gasteiger partial charge < -0.3 is 19.9 Å². The van der Waals surface area contributed by atoms with Crippen LogP contribution in [0.1, 0.15) is 22.8 Å². The minimum Gasteiger partial charge on any atom is -0.481 e. The lowest BCUT2D eigenvalue weighted by molar-refractivity contribution is -0.122. The number of nitrogens with one attached hydrogen (secondary N) is 1. The third-order valence-electron chi connectivity index (χ3n) is 4.97. The van der Waals surface area contributed by atoms with Crippen molar-refractivity contribution in [3.63, 3.8) is 0 Å². The van der Waals surface area contributed by atoms with E-state index in [9.17, 15) is 9.59 Å². The molecule has 3 rings (SSSR count). The molecule has 1 atom stereocenters. The number of amides is 2. The molecule has 28 heavy (non-hydrogen) atoms. The lowest BCUT2D eigenvalue weighted by Crippen LogP contribution is -2.47. The molecule has 6 nitrogen and oxygen atoms in total. The number of carbonyl (C=O) groups excluding carboxylic acids is 2. The molecule has 0 bridgehead atoms. The minimum absolute atomic E-state index is 0.0588. The summed E-state index contributed by atoms with van der Waals surface area (Å²) in [5.41, 5.74) is 1.98. The molecule has 6 heteroatoms. The fraction of sp³-hybridized carbons (Fsp3) is 0.364. The molecule has 1 heterocycles. The van der Waals surface area contributed by atoms with E-state index in [-0.39, 0.29) is 11.8 Å². The summed E-state index contributed by atoms with van der Waals surface area (Å²) in [7, 11) is 2.05. The van der Waals surface area contributed by atoms with Crippen molar-refractivity contribution in [3.05, 3.63) is 59.7 Å². The fourth-order valence-corrected chi connectivity index (χ4v) is 3.13. The Morgan fingerprint density at radius 1 is 1.00 bits per heavy atom. The first-order valence-corrected chi connectivity index (χ1v) is 9.55. The molecule has 2 amide bonds. The number of carbonyl (C=O) groups is 2. The van der Waals surface area contributed by atoms with Gasteiger partial charge in [-0.05, 0) is 44.7 Å². The van der Waals surface area contributed by atoms with Crippen molar-refractivity contribution in [1.29, 1.82) is 0 Å². The quantitative estimate of drug-likeness (QED) is 0.865. The maximum Gasteiger partial charge on any atom is 0.265 e. The second kappa shape index (κ2) is 8.89. The van der Waals surface area contributed by atoms with Crippen LogP contribution in [0.3, 0.4) is 0 Å². The molecule has 148 valence electrons. The third-order valence-corrected chi connectivity index (χ3v) is 4.97. The number of hydrogen-bond donors (Lipinski definition) is 1. The van der Waals surface area contributed by atoms with Crippen LogP contribution < -0.4 is 10.1 Å². The monoisotopic (exact) mass is 381 g/mol. The second-order valence-corrected chi connectivity index (χ2v) is 7.16. The van der Waals surface area contributed by atoms with Gasteiger partial charge in [-0.15, -0.1) is 0 Å². The van der Waals surface area contributed by atoms with Gasteiger partial charge in [-0.25, -0.2) is 0 Å². The number of nitrogens with zero attached hydrogens (tertiary/aromatic N) is 2. The average Bonchev–Trinajstić information content (AvgIpc) is 2.70. The zero-order valence-corrected chi connectivity index (χ0v) is 16.6. The van der Waals surface area contributed by atoms with Crippen LogP contribution in [0.5, 0.6) is 5.75 Å². The zero-order valence-electron chi connectivity index (χ0n) is 16.6. The fourth-order valence-electron chi connectivity index (χ4n) is 3.13. The van der Waals surface area contributed by atoms with Gasteiger partial charge >= 0.3 is 0 Å². The van der Waals surface area contributed by atoms with Crippen molar-refractivity contribution in [2.45, 2.75) is 20.0 Å². The van der Waals surface area contributed by atoms with Gasteiger partial charge in [0.15, 0.2) is 6.10 Å². The summed E-state index contributed by atoms with van der Waals surface area (Å²) in [5.74, 6) is 0.324. The molecular weight excluding hydrogens is 354 g/mol. The highest BCUT2D eigenvalue weighted by molar-refractivity contribution is 6.04. The molecule has 1 fully saturated rings. The third kappa shape index (κ3) is 4.70. The Kier molecular flexibility index (Phi) is 6.31. The summed E-state index contributed by atoms with van der Waals surface area (Å²) in [6.45, 7) is 6.70. The first-order chi connectivity index (χ1) is 13.5. The Morgan fingerprint density at radius 2 is 1.64 bits per heavy atom. The van der Waals surface area contributed by atoms with Crippen LogP contribution in [0.25, 0.3) is 0 Å². The smallest absolute Gasteiger partial charge is 0.265 e. The van der Waals surface area contributed by atoms with Crippen molar-refractivity contribution in [1.82, 2.24) is 9.80 Å². The maximum atomic E-state index is 12.9. The first kappa shape index (κ1) is 19.9. The molecule has 1 unspecified atom stereocenters. The molecule has 1 N–H and O–H groups in total. The van der Waals surface area contributed by atoms with E-state index in [2.05, 4.69) is 10.2 Å². The van der Waals surface area contributed by atoms with Crippen molar-refractivity contribution in [2.24, 2.45) is 0 Å². The van der Waals surface area contributed by atoms with Gasteiger partial charge in [0, 0.05) is 26.2 Å². The van der Waals surface area contributed by atoms with Gasteiger partial charge in [0.1, 0.15) is 5.75 Å². The van der Waals surface area contributed by atoms with Crippen LogP contribution in [0, 0.1) is 6.92 Å². The number of piperazine rings is 1. The highest BCUT2D eigenvalue weighted by Gasteiger charge is 2.24. The van der Waals surface area contributed by atoms with E-state index < -0.39 is 6.10 Å². The normalized spacial score (nSPS) is 15.8. The van der Waals surface area contributed by atoms with E-state index in [1.807, 2.05) is 55.3 Å². The minimum atomic E-state index is -0.687. The van der Waals surface area contributed by atoms with Crippen LogP contribution in [-0.4, -0.2) is 60.9 Å². The van der Waals surface area contributed by atoms with Gasteiger partial charge in [-0.2, -0.15) is 0 Å². The summed E-state index contributed by atoms with van der Waals surface area (Å²) in [6.07, 6.45) is -0.687. The summed E-state index contributed by atoms with van der Waals surface area (Å²) in [4.78, 5) is 29.6. The Labute approximate surface area is 166 Å². The maximum absolute atomic E-state index is 12.9. The zero-order chi connectivity index (χ0) is 20.1. The number of para-hydroxylation sites is 2. The summed E-state index contributed by atoms with van der Waals surface area (Å²) < 4.78 is 5.79. The Balaban J connectivity index is 1.69. The molecule has 2 aromatic carbocycles. The average molecular weight is 381 g/mol. The Hall–Kier alpha value is -2.86. The lowest BCUT2D eigenvalue weighted by atomic mass is 10.1. The molecule has 0 aliphatic carbocycles. The van der Waals surface area contributed by atoms with E-state index in [1.165, 1.54) is 0 Å². The number of rotatable bonds is 5. The van der Waals surface area contributed by atoms with Gasteiger partial charge in [0.2, 0.25) is 0 Å². The number of anilines is 1. The predicted molar refractivity (Wildman–Crippen MR) is 110 cm³/mol. The van der Waals surface area contributed by atoms with Gasteiger partial charge in [-0.3, -0.25) is 9.59 Å². The number of likely N-dealkylation sites (N-methyl/N-ethyl adjacent to an activating group) is 1. The standard InChI is InChI=1S/C22H27N3O3/c1-16-8-4-7-11-20(16)28-17(2)21(26)23-19-10-6-5-9-18(19)22(27)25-14-12-24(3)13-15-25/h4-11,17H,12-15H2,1-3H3,(H,23,26). The van der Waals surface area contributed by atoms with E-state index >= 15 is 0 Å². The molecule has 0 spiro atoms. The number of aryl methyl sites for hydroxylation is 1. The molecule has 0 aromatic heterocycles. The van der Waals surface area contributed by atoms with Crippen LogP contribution in [0.4, 0.5) is 5.69 Å². The van der Waals surface area contributed by atoms with E-state index in [0.717, 1.165) is 18.7 Å². The molecule has 2 aromatic rings. The van der Waals surface area contributed by atoms with Crippen LogP contribution in [0.15, 0.2) is 48.5 Å². The second-order valence-electron chi connectivity index (χ2n) is 7.16. The van der Waals surface area contributed by atoms with E-state index in [0.29, 0.717) is 30.1 Å². The highest BCUT2D eigenvalue weighted by atomic mass is 16.5. The molecule has 0 saturated carbocycles. The Bertz CT molecular complexity index is 844. The van der Waals surface area contributed by atoms with Crippen molar-refractivity contribution in [2.75, 3.05) is 38.5 Å². The van der Waals surface area contributed by atoms with Crippen molar-refractivity contribution < 1.29 is 14.3 Å². The van der Waals surface area contributed by atoms with E-state index in [4.69, 9.17) is 4.74 Å². The molecular formula is C22H27N3O3. The lowest BCUT2D eigenvalue weighted by Gasteiger charge is -2.32. The summed E-state index contributed by atoms with van der Waals surface area (Å²) in [5, 5.41) is 2.86. The van der Waals surface area contributed by atoms with Crippen LogP contribution >= 0.6 is 0 Å². The number of ether oxygens (including phenoxy) is 1. The molecule has 1 aliphatic heterocycles. The SMILES string of the molecule is Cc1ccccc1OC(C)C(=O)Nc1ccccc1C(=O)N1CCN(C)CC1. The summed E-state index contributed by atoms with van der Waals surface area (Å²) >= 11 is 0. The Morgan fingerprint density at radius 3 is 2.36 bits per heavy atom. The topological polar surface area (TPSA) is 61.9 Å². The van der Waals surface area contributed by atoms with Crippen LogP contribution in [0.2, 0.25) is 0 Å². The van der Waals surface area contributed by atoms with Gasteiger partial charge in [0.05, 0.1) is 11.3 Å². The number of hydrogen-bond acceptors (Lipinski definition) is 4. The first-order valence-electron chi connectivity index (χ1n) is 9.55. The highest BCUT2D eigenvalue weighted by Crippen LogP contribution is 2.21. The number of benzene rings is 2. The van der Waals surface area contributed by atoms with E-state index in [1.54, 1.807) is 19.1 Å². The predicted octanol–water partition coefficient (Wildman–Crippen LogP) is 2.79. The van der Waals surface area contributed by atoms with Gasteiger partial charge in [-0.1, -0.05) is 30.3 Å². The van der Waals surface area contributed by atoms with Crippen LogP contribution in [-0.2, 0) is 4.79 Å². The van der Waals surface area contributed by atoms with Crippen molar-refractivity contribution >= 4 is 17.5 Å². The molecule has 1 aliphatic rings. The largest absolute Gasteiger partial charge is 0.481 e. The van der Waals surface area contributed by atoms with Crippen molar-refractivity contribution in [3.8, 4) is 5.75 Å². The summed E-state index contributed by atoms with van der Waals surface area (Å²) in [6, 6.07) is 14.7.